The molecule has 4 rings (SSSR count). The SMILES string of the molecule is COc1ccc(-c2cncc3cc(/C=C4/SC(SC)=NC4=O)oc23)cc1. The number of rotatable bonds is 3. The van der Waals surface area contributed by atoms with Crippen LogP contribution in [0.5, 0.6) is 5.75 Å². The predicted octanol–water partition coefficient (Wildman–Crippen LogP) is 4.84. The van der Waals surface area contributed by atoms with Gasteiger partial charge in [0.1, 0.15) is 21.5 Å². The van der Waals surface area contributed by atoms with E-state index in [2.05, 4.69) is 9.98 Å². The number of aliphatic imine (C=N–C) groups is 1. The highest BCUT2D eigenvalue weighted by atomic mass is 32.2. The van der Waals surface area contributed by atoms with Crippen LogP contribution in [0.4, 0.5) is 0 Å². The first-order chi connectivity index (χ1) is 12.7. The standard InChI is InChI=1S/C19H14N2O3S2/c1-23-13-5-3-11(4-6-13)15-10-20-9-12-7-14(24-17(12)15)8-16-18(22)21-19(25-2)26-16/h3-10H,1-2H3/b16-8+. The van der Waals surface area contributed by atoms with Crippen LogP contribution in [0.15, 0.2) is 57.0 Å². The molecule has 1 amide bonds. The predicted molar refractivity (Wildman–Crippen MR) is 108 cm³/mol. The molecule has 3 aromatic rings. The monoisotopic (exact) mass is 382 g/mol. The van der Waals surface area contributed by atoms with E-state index in [4.69, 9.17) is 9.15 Å². The van der Waals surface area contributed by atoms with E-state index in [1.54, 1.807) is 25.6 Å². The lowest BCUT2D eigenvalue weighted by molar-refractivity contribution is -0.113. The molecule has 0 N–H and O–H groups in total. The van der Waals surface area contributed by atoms with Crippen LogP contribution in [0.25, 0.3) is 28.2 Å². The maximum atomic E-state index is 12.0. The molecule has 1 aliphatic heterocycles. The van der Waals surface area contributed by atoms with Gasteiger partial charge in [-0.3, -0.25) is 9.78 Å². The van der Waals surface area contributed by atoms with Crippen molar-refractivity contribution < 1.29 is 13.9 Å². The number of aromatic nitrogens is 1. The summed E-state index contributed by atoms with van der Waals surface area (Å²) >= 11 is 2.82. The van der Waals surface area contributed by atoms with Gasteiger partial charge in [0.05, 0.1) is 12.0 Å². The van der Waals surface area contributed by atoms with Gasteiger partial charge in [-0.05, 0) is 30.0 Å². The highest BCUT2D eigenvalue weighted by molar-refractivity contribution is 8.40. The fourth-order valence-corrected chi connectivity index (χ4v) is 4.04. The molecule has 5 nitrogen and oxygen atoms in total. The number of nitrogens with zero attached hydrogens (tertiary/aromatic N) is 2. The van der Waals surface area contributed by atoms with E-state index in [9.17, 15) is 4.79 Å². The number of fused-ring (bicyclic) bond motifs is 1. The third-order valence-corrected chi connectivity index (χ3v) is 5.86. The smallest absolute Gasteiger partial charge is 0.285 e. The van der Waals surface area contributed by atoms with Gasteiger partial charge in [0.2, 0.25) is 0 Å². The molecule has 0 bridgehead atoms. The largest absolute Gasteiger partial charge is 0.497 e. The third kappa shape index (κ3) is 3.15. The highest BCUT2D eigenvalue weighted by Crippen LogP contribution is 2.35. The summed E-state index contributed by atoms with van der Waals surface area (Å²) in [6, 6.07) is 9.60. The van der Waals surface area contributed by atoms with Crippen molar-refractivity contribution >= 4 is 50.9 Å². The Morgan fingerprint density at radius 2 is 2.04 bits per heavy atom. The van der Waals surface area contributed by atoms with E-state index in [0.717, 1.165) is 32.2 Å². The van der Waals surface area contributed by atoms with Crippen LogP contribution in [0.3, 0.4) is 0 Å². The quantitative estimate of drug-likeness (QED) is 0.604. The number of hydrogen-bond acceptors (Lipinski definition) is 6. The molecule has 1 aromatic carbocycles. The van der Waals surface area contributed by atoms with Crippen LogP contribution in [0.2, 0.25) is 0 Å². The summed E-state index contributed by atoms with van der Waals surface area (Å²) in [6.07, 6.45) is 7.16. The minimum Gasteiger partial charge on any atom is -0.497 e. The molecule has 0 fully saturated rings. The summed E-state index contributed by atoms with van der Waals surface area (Å²) in [7, 11) is 1.64. The van der Waals surface area contributed by atoms with Crippen LogP contribution in [-0.4, -0.2) is 28.6 Å². The fourth-order valence-electron chi connectivity index (χ4n) is 2.64. The first-order valence-corrected chi connectivity index (χ1v) is 9.80. The molecule has 0 atom stereocenters. The average Bonchev–Trinajstić information content (AvgIpc) is 3.24. The topological polar surface area (TPSA) is 64.7 Å². The first-order valence-electron chi connectivity index (χ1n) is 7.76. The lowest BCUT2D eigenvalue weighted by Gasteiger charge is -2.04. The van der Waals surface area contributed by atoms with E-state index in [0.29, 0.717) is 10.7 Å². The molecular weight excluding hydrogens is 368 g/mol. The zero-order valence-electron chi connectivity index (χ0n) is 14.1. The second-order valence-corrected chi connectivity index (χ2v) is 7.56. The first kappa shape index (κ1) is 16.9. The number of furan rings is 1. The highest BCUT2D eigenvalue weighted by Gasteiger charge is 2.22. The second-order valence-electron chi connectivity index (χ2n) is 5.48. The van der Waals surface area contributed by atoms with Gasteiger partial charge in [-0.15, -0.1) is 11.8 Å². The average molecular weight is 382 g/mol. The Kier molecular flexibility index (Phi) is 4.57. The second kappa shape index (κ2) is 7.01. The van der Waals surface area contributed by atoms with E-state index in [1.165, 1.54) is 23.5 Å². The molecule has 0 unspecified atom stereocenters. The summed E-state index contributed by atoms with van der Waals surface area (Å²) in [6.45, 7) is 0. The molecule has 2 aromatic heterocycles. The van der Waals surface area contributed by atoms with Gasteiger partial charge in [-0.25, -0.2) is 0 Å². The van der Waals surface area contributed by atoms with Crippen molar-refractivity contribution in [3.05, 3.63) is 53.4 Å². The maximum Gasteiger partial charge on any atom is 0.285 e. The Morgan fingerprint density at radius 1 is 1.23 bits per heavy atom. The molecule has 130 valence electrons. The summed E-state index contributed by atoms with van der Waals surface area (Å²) in [5.41, 5.74) is 2.61. The van der Waals surface area contributed by atoms with Gasteiger partial charge in [-0.2, -0.15) is 4.99 Å². The van der Waals surface area contributed by atoms with E-state index in [1.807, 2.05) is 36.6 Å². The number of thioether (sulfide) groups is 2. The van der Waals surface area contributed by atoms with Crippen LogP contribution in [-0.2, 0) is 4.79 Å². The molecule has 0 spiro atoms. The summed E-state index contributed by atoms with van der Waals surface area (Å²) in [5.74, 6) is 1.17. The van der Waals surface area contributed by atoms with Crippen molar-refractivity contribution in [1.29, 1.82) is 0 Å². The van der Waals surface area contributed by atoms with Crippen molar-refractivity contribution in [2.45, 2.75) is 0 Å². The van der Waals surface area contributed by atoms with Gasteiger partial charge in [0.25, 0.3) is 5.91 Å². The Balaban J connectivity index is 1.73. The van der Waals surface area contributed by atoms with Gasteiger partial charge in [0.15, 0.2) is 0 Å². The van der Waals surface area contributed by atoms with Gasteiger partial charge >= 0.3 is 0 Å². The Labute approximate surface area is 158 Å². The van der Waals surface area contributed by atoms with Crippen molar-refractivity contribution in [2.75, 3.05) is 13.4 Å². The molecule has 26 heavy (non-hydrogen) atoms. The molecule has 0 radical (unpaired) electrons. The molecule has 0 saturated heterocycles. The van der Waals surface area contributed by atoms with Crippen LogP contribution in [0, 0.1) is 0 Å². The van der Waals surface area contributed by atoms with E-state index >= 15 is 0 Å². The van der Waals surface area contributed by atoms with Gasteiger partial charge in [0, 0.05) is 29.4 Å². The van der Waals surface area contributed by atoms with Gasteiger partial charge < -0.3 is 9.15 Å². The van der Waals surface area contributed by atoms with Gasteiger partial charge in [-0.1, -0.05) is 23.9 Å². The minimum atomic E-state index is -0.228. The normalized spacial score (nSPS) is 15.7. The Bertz CT molecular complexity index is 1050. The van der Waals surface area contributed by atoms with Crippen LogP contribution >= 0.6 is 23.5 Å². The molecule has 1 aliphatic rings. The number of amides is 1. The minimum absolute atomic E-state index is 0.228. The number of carbonyl (C=O) groups is 1. The summed E-state index contributed by atoms with van der Waals surface area (Å²) in [4.78, 5) is 20.8. The van der Waals surface area contributed by atoms with Crippen molar-refractivity contribution in [3.63, 3.8) is 0 Å². The van der Waals surface area contributed by atoms with Crippen LogP contribution < -0.4 is 4.74 Å². The van der Waals surface area contributed by atoms with Crippen molar-refractivity contribution in [3.8, 4) is 16.9 Å². The number of carbonyl (C=O) groups excluding carboxylic acids is 1. The summed E-state index contributed by atoms with van der Waals surface area (Å²) < 4.78 is 12.0. The number of methoxy groups -OCH3 is 1. The molecular formula is C19H14N2O3S2. The number of hydrogen-bond donors (Lipinski definition) is 0. The Morgan fingerprint density at radius 3 is 2.73 bits per heavy atom. The lowest BCUT2D eigenvalue weighted by Crippen LogP contribution is -1.86. The molecule has 7 heteroatoms. The molecule has 3 heterocycles. The fraction of sp³-hybridized carbons (Fsp3) is 0.105. The Hall–Kier alpha value is -2.51. The lowest BCUT2D eigenvalue weighted by atomic mass is 10.1. The molecule has 0 saturated carbocycles. The molecule has 0 aliphatic carbocycles. The van der Waals surface area contributed by atoms with E-state index < -0.39 is 0 Å². The van der Waals surface area contributed by atoms with Crippen LogP contribution in [0.1, 0.15) is 5.76 Å². The maximum absolute atomic E-state index is 12.0. The van der Waals surface area contributed by atoms with E-state index in [-0.39, 0.29) is 5.91 Å². The zero-order chi connectivity index (χ0) is 18.1. The number of ether oxygens (including phenoxy) is 1. The number of pyridine rings is 1. The summed E-state index contributed by atoms with van der Waals surface area (Å²) in [5, 5.41) is 0.881. The zero-order valence-corrected chi connectivity index (χ0v) is 15.7. The third-order valence-electron chi connectivity index (χ3n) is 3.89. The van der Waals surface area contributed by atoms with Crippen molar-refractivity contribution in [2.24, 2.45) is 4.99 Å². The van der Waals surface area contributed by atoms with Crippen molar-refractivity contribution in [1.82, 2.24) is 4.98 Å². The number of benzene rings is 1.